The minimum Gasteiger partial charge on any atom is -0.508 e. The Morgan fingerprint density at radius 1 is 1.41 bits per heavy atom. The molecule has 2 aromatic rings. The van der Waals surface area contributed by atoms with Crippen LogP contribution in [-0.4, -0.2) is 30.2 Å². The molecule has 6 heteroatoms. The van der Waals surface area contributed by atoms with Gasteiger partial charge >= 0.3 is 0 Å². The predicted octanol–water partition coefficient (Wildman–Crippen LogP) is 3.45. The molecule has 0 fully saturated rings. The second-order valence-electron chi connectivity index (χ2n) is 5.34. The van der Waals surface area contributed by atoms with Gasteiger partial charge in [0.25, 0.3) is 0 Å². The summed E-state index contributed by atoms with van der Waals surface area (Å²) in [5.74, 6) is 0.637. The monoisotopic (exact) mass is 320 g/mol. The lowest BCUT2D eigenvalue weighted by Crippen LogP contribution is -2.30. The van der Waals surface area contributed by atoms with Crippen molar-refractivity contribution in [3.8, 4) is 22.8 Å². The van der Waals surface area contributed by atoms with Crippen LogP contribution >= 0.6 is 11.3 Å². The SMILES string of the molecule is COc1cc(O)ccc1-c1nc(N(C)C(=O)C(C)C)sc1C. The molecule has 0 atom stereocenters. The van der Waals surface area contributed by atoms with Gasteiger partial charge < -0.3 is 9.84 Å². The van der Waals surface area contributed by atoms with E-state index in [1.807, 2.05) is 20.8 Å². The van der Waals surface area contributed by atoms with Crippen molar-refractivity contribution in [1.29, 1.82) is 0 Å². The van der Waals surface area contributed by atoms with Crippen molar-refractivity contribution < 1.29 is 14.6 Å². The number of carbonyl (C=O) groups is 1. The summed E-state index contributed by atoms with van der Waals surface area (Å²) < 4.78 is 5.32. The fraction of sp³-hybridized carbons (Fsp3) is 0.375. The summed E-state index contributed by atoms with van der Waals surface area (Å²) in [6, 6.07) is 4.92. The standard InChI is InChI=1S/C16H20N2O3S/c1-9(2)15(20)18(4)16-17-14(10(3)22-16)12-7-6-11(19)8-13(12)21-5/h6-9,19H,1-5H3. The quantitative estimate of drug-likeness (QED) is 0.937. The van der Waals surface area contributed by atoms with Crippen LogP contribution in [0.3, 0.4) is 0 Å². The summed E-state index contributed by atoms with van der Waals surface area (Å²) in [6.07, 6.45) is 0. The maximum atomic E-state index is 12.1. The molecule has 1 N–H and O–H groups in total. The fourth-order valence-electron chi connectivity index (χ4n) is 2.13. The van der Waals surface area contributed by atoms with Gasteiger partial charge in [0.15, 0.2) is 5.13 Å². The van der Waals surface area contributed by atoms with Crippen LogP contribution in [0, 0.1) is 12.8 Å². The van der Waals surface area contributed by atoms with E-state index in [0.29, 0.717) is 10.9 Å². The molecule has 0 aliphatic rings. The van der Waals surface area contributed by atoms with Gasteiger partial charge in [-0.25, -0.2) is 4.98 Å². The molecule has 0 unspecified atom stereocenters. The Hall–Kier alpha value is -2.08. The van der Waals surface area contributed by atoms with E-state index in [0.717, 1.165) is 16.1 Å². The summed E-state index contributed by atoms with van der Waals surface area (Å²) in [5.41, 5.74) is 1.56. The number of rotatable bonds is 4. The summed E-state index contributed by atoms with van der Waals surface area (Å²) in [4.78, 5) is 19.3. The van der Waals surface area contributed by atoms with Crippen molar-refractivity contribution in [2.45, 2.75) is 20.8 Å². The number of aromatic hydroxyl groups is 1. The third kappa shape index (κ3) is 3.06. The molecule has 5 nitrogen and oxygen atoms in total. The van der Waals surface area contributed by atoms with Crippen molar-refractivity contribution in [3.05, 3.63) is 23.1 Å². The van der Waals surface area contributed by atoms with Crippen LogP contribution in [0.25, 0.3) is 11.3 Å². The maximum Gasteiger partial charge on any atom is 0.231 e. The van der Waals surface area contributed by atoms with Gasteiger partial charge in [0.2, 0.25) is 5.91 Å². The van der Waals surface area contributed by atoms with Crippen LogP contribution in [0.1, 0.15) is 18.7 Å². The lowest BCUT2D eigenvalue weighted by Gasteiger charge is -2.15. The molecule has 1 aromatic carbocycles. The van der Waals surface area contributed by atoms with Gasteiger partial charge in [0.05, 0.1) is 12.8 Å². The Kier molecular flexibility index (Phi) is 4.71. The van der Waals surface area contributed by atoms with Crippen LogP contribution < -0.4 is 9.64 Å². The van der Waals surface area contributed by atoms with Crippen molar-refractivity contribution in [2.75, 3.05) is 19.1 Å². The van der Waals surface area contributed by atoms with E-state index < -0.39 is 0 Å². The molecular weight excluding hydrogens is 300 g/mol. The van der Waals surface area contributed by atoms with E-state index in [4.69, 9.17) is 4.74 Å². The highest BCUT2D eigenvalue weighted by Crippen LogP contribution is 2.38. The topological polar surface area (TPSA) is 62.7 Å². The first-order valence-corrected chi connectivity index (χ1v) is 7.79. The fourth-order valence-corrected chi connectivity index (χ4v) is 3.02. The van der Waals surface area contributed by atoms with Crippen LogP contribution in [0.4, 0.5) is 5.13 Å². The number of phenolic OH excluding ortho intramolecular Hbond substituents is 1. The number of phenols is 1. The van der Waals surface area contributed by atoms with Crippen LogP contribution in [-0.2, 0) is 4.79 Å². The Balaban J connectivity index is 2.45. The molecule has 118 valence electrons. The van der Waals surface area contributed by atoms with E-state index in [1.54, 1.807) is 37.3 Å². The van der Waals surface area contributed by atoms with Crippen molar-refractivity contribution in [1.82, 2.24) is 4.98 Å². The highest BCUT2D eigenvalue weighted by molar-refractivity contribution is 7.16. The van der Waals surface area contributed by atoms with Gasteiger partial charge in [0, 0.05) is 29.5 Å². The van der Waals surface area contributed by atoms with E-state index in [-0.39, 0.29) is 17.6 Å². The van der Waals surface area contributed by atoms with Crippen LogP contribution in [0.2, 0.25) is 0 Å². The lowest BCUT2D eigenvalue weighted by atomic mass is 10.1. The normalized spacial score (nSPS) is 10.8. The smallest absolute Gasteiger partial charge is 0.231 e. The third-order valence-electron chi connectivity index (χ3n) is 3.34. The summed E-state index contributed by atoms with van der Waals surface area (Å²) in [5, 5.41) is 10.2. The lowest BCUT2D eigenvalue weighted by molar-refractivity contribution is -0.121. The number of nitrogens with zero attached hydrogens (tertiary/aromatic N) is 2. The molecule has 0 saturated carbocycles. The predicted molar refractivity (Wildman–Crippen MR) is 88.8 cm³/mol. The largest absolute Gasteiger partial charge is 0.508 e. The molecule has 0 radical (unpaired) electrons. The number of methoxy groups -OCH3 is 1. The average molecular weight is 320 g/mol. The number of hydrogen-bond acceptors (Lipinski definition) is 5. The number of anilines is 1. The van der Waals surface area contributed by atoms with Crippen molar-refractivity contribution in [3.63, 3.8) is 0 Å². The molecule has 0 aliphatic carbocycles. The minimum absolute atomic E-state index is 0.0259. The Labute approximate surface area is 134 Å². The highest BCUT2D eigenvalue weighted by atomic mass is 32.1. The first-order chi connectivity index (χ1) is 10.3. The van der Waals surface area contributed by atoms with Crippen LogP contribution in [0.5, 0.6) is 11.5 Å². The van der Waals surface area contributed by atoms with Gasteiger partial charge in [-0.05, 0) is 19.1 Å². The van der Waals surface area contributed by atoms with E-state index in [9.17, 15) is 9.90 Å². The first-order valence-electron chi connectivity index (χ1n) is 6.97. The Morgan fingerprint density at radius 3 is 2.68 bits per heavy atom. The third-order valence-corrected chi connectivity index (χ3v) is 4.38. The molecule has 1 heterocycles. The second kappa shape index (κ2) is 6.36. The molecule has 1 amide bonds. The zero-order valence-electron chi connectivity index (χ0n) is 13.4. The number of amides is 1. The number of aryl methyl sites for hydroxylation is 1. The average Bonchev–Trinajstić information content (AvgIpc) is 2.87. The summed E-state index contributed by atoms with van der Waals surface area (Å²) >= 11 is 1.46. The maximum absolute atomic E-state index is 12.1. The summed E-state index contributed by atoms with van der Waals surface area (Å²) in [6.45, 7) is 5.68. The number of carbonyl (C=O) groups excluding carboxylic acids is 1. The Morgan fingerprint density at radius 2 is 2.09 bits per heavy atom. The van der Waals surface area contributed by atoms with Gasteiger partial charge in [0.1, 0.15) is 11.5 Å². The van der Waals surface area contributed by atoms with E-state index >= 15 is 0 Å². The van der Waals surface area contributed by atoms with Gasteiger partial charge in [-0.15, -0.1) is 11.3 Å². The molecule has 2 rings (SSSR count). The van der Waals surface area contributed by atoms with Gasteiger partial charge in [-0.1, -0.05) is 13.8 Å². The number of ether oxygens (including phenoxy) is 1. The van der Waals surface area contributed by atoms with Crippen molar-refractivity contribution >= 4 is 22.4 Å². The molecule has 0 spiro atoms. The number of thiazole rings is 1. The second-order valence-corrected chi connectivity index (χ2v) is 6.52. The molecule has 0 aliphatic heterocycles. The first kappa shape index (κ1) is 16.3. The number of hydrogen-bond donors (Lipinski definition) is 1. The molecule has 22 heavy (non-hydrogen) atoms. The van der Waals surface area contributed by atoms with Gasteiger partial charge in [-0.3, -0.25) is 9.69 Å². The number of benzene rings is 1. The summed E-state index contributed by atoms with van der Waals surface area (Å²) in [7, 11) is 3.29. The molecular formula is C16H20N2O3S. The van der Waals surface area contributed by atoms with E-state index in [1.165, 1.54) is 11.3 Å². The zero-order chi connectivity index (χ0) is 16.4. The van der Waals surface area contributed by atoms with Crippen LogP contribution in [0.15, 0.2) is 18.2 Å². The minimum atomic E-state index is -0.0825. The number of aromatic nitrogens is 1. The zero-order valence-corrected chi connectivity index (χ0v) is 14.2. The molecule has 0 bridgehead atoms. The molecule has 0 saturated heterocycles. The Bertz CT molecular complexity index is 695. The van der Waals surface area contributed by atoms with Crippen molar-refractivity contribution in [2.24, 2.45) is 5.92 Å². The molecule has 1 aromatic heterocycles. The highest BCUT2D eigenvalue weighted by Gasteiger charge is 2.21. The van der Waals surface area contributed by atoms with Gasteiger partial charge in [-0.2, -0.15) is 0 Å². The van der Waals surface area contributed by atoms with E-state index in [2.05, 4.69) is 4.98 Å².